The van der Waals surface area contributed by atoms with Crippen molar-refractivity contribution in [3.8, 4) is 0 Å². The molecule has 0 bridgehead atoms. The highest BCUT2D eigenvalue weighted by Gasteiger charge is 2.70. The smallest absolute Gasteiger partial charge is 0.309 e. The van der Waals surface area contributed by atoms with Gasteiger partial charge in [0.25, 0.3) is 5.91 Å². The number of carbonyl (C=O) groups is 5. The van der Waals surface area contributed by atoms with E-state index in [-0.39, 0.29) is 75.6 Å². The molecule has 6 aliphatic carbocycles. The van der Waals surface area contributed by atoms with Crippen molar-refractivity contribution in [1.82, 2.24) is 10.6 Å². The van der Waals surface area contributed by atoms with Crippen molar-refractivity contribution in [3.63, 3.8) is 0 Å². The molecule has 0 saturated heterocycles. The van der Waals surface area contributed by atoms with Gasteiger partial charge in [0.05, 0.1) is 11.8 Å². The second-order valence-corrected chi connectivity index (χ2v) is 22.6. The normalized spacial score (nSPS) is 38.5. The lowest BCUT2D eigenvalue weighted by Gasteiger charge is -2.72. The van der Waals surface area contributed by atoms with Gasteiger partial charge in [-0.25, -0.2) is 0 Å². The summed E-state index contributed by atoms with van der Waals surface area (Å²) in [6.45, 7) is 22.4. The van der Waals surface area contributed by atoms with Crippen molar-refractivity contribution in [2.45, 2.75) is 152 Å². The van der Waals surface area contributed by atoms with Crippen LogP contribution >= 0.6 is 11.6 Å². The number of aliphatic carboxylic acids is 1. The third-order valence-electron chi connectivity index (χ3n) is 18.2. The number of carboxylic acid groups (broad SMARTS) is 1. The Labute approximate surface area is 357 Å². The third kappa shape index (κ3) is 6.90. The predicted molar refractivity (Wildman–Crippen MR) is 228 cm³/mol. The molecular formula is C49H69ClN2O7. The maximum absolute atomic E-state index is 14.1. The number of fused-ring (bicyclic) bond motifs is 7. The highest BCUT2D eigenvalue weighted by molar-refractivity contribution is 6.30. The quantitative estimate of drug-likeness (QED) is 0.200. The third-order valence-corrected chi connectivity index (χ3v) is 18.5. The van der Waals surface area contributed by atoms with Gasteiger partial charge in [0, 0.05) is 46.8 Å². The Bertz CT molecular complexity index is 1940. The van der Waals surface area contributed by atoms with Gasteiger partial charge < -0.3 is 20.5 Å². The van der Waals surface area contributed by atoms with Gasteiger partial charge in [-0.15, -0.1) is 0 Å². The second-order valence-electron chi connectivity index (χ2n) is 22.1. The molecule has 1 aromatic rings. The van der Waals surface area contributed by atoms with Crippen LogP contribution in [-0.4, -0.2) is 53.3 Å². The maximum Gasteiger partial charge on any atom is 0.309 e. The van der Waals surface area contributed by atoms with E-state index < -0.39 is 28.6 Å². The van der Waals surface area contributed by atoms with Gasteiger partial charge in [-0.05, 0) is 140 Å². The van der Waals surface area contributed by atoms with Crippen molar-refractivity contribution < 1.29 is 33.8 Å². The zero-order chi connectivity index (χ0) is 43.2. The molecule has 3 N–H and O–H groups in total. The summed E-state index contributed by atoms with van der Waals surface area (Å²) < 4.78 is 6.41. The van der Waals surface area contributed by atoms with Gasteiger partial charge in [0.2, 0.25) is 5.91 Å². The van der Waals surface area contributed by atoms with Crippen LogP contribution in [0.4, 0.5) is 0 Å². The molecule has 5 fully saturated rings. The van der Waals surface area contributed by atoms with Crippen LogP contribution in [0.15, 0.2) is 35.4 Å². The Morgan fingerprint density at radius 3 is 2.14 bits per heavy atom. The summed E-state index contributed by atoms with van der Waals surface area (Å²) >= 11 is 6.00. The molecule has 2 amide bonds. The first kappa shape index (κ1) is 43.9. The summed E-state index contributed by atoms with van der Waals surface area (Å²) in [5.41, 5.74) is 1.42. The van der Waals surface area contributed by atoms with Crippen LogP contribution < -0.4 is 10.6 Å². The molecule has 0 radical (unpaired) electrons. The fourth-order valence-corrected chi connectivity index (χ4v) is 14.8. The Hall–Kier alpha value is -3.20. The molecule has 0 aromatic heterocycles. The number of carboxylic acids is 1. The summed E-state index contributed by atoms with van der Waals surface area (Å²) in [4.78, 5) is 66.3. The average molecular weight is 834 g/mol. The van der Waals surface area contributed by atoms with E-state index in [1.165, 1.54) is 5.57 Å². The van der Waals surface area contributed by atoms with Crippen LogP contribution in [0.25, 0.3) is 0 Å². The lowest BCUT2D eigenvalue weighted by Crippen LogP contribution is -2.66. The Morgan fingerprint density at radius 1 is 0.831 bits per heavy atom. The van der Waals surface area contributed by atoms with Gasteiger partial charge in [0.15, 0.2) is 5.78 Å². The van der Waals surface area contributed by atoms with Crippen molar-refractivity contribution in [2.24, 2.45) is 68.0 Å². The highest BCUT2D eigenvalue weighted by Crippen LogP contribution is 2.77. The van der Waals surface area contributed by atoms with Crippen molar-refractivity contribution >= 4 is 41.1 Å². The number of benzene rings is 1. The highest BCUT2D eigenvalue weighted by atomic mass is 35.5. The van der Waals surface area contributed by atoms with E-state index in [1.807, 2.05) is 20.8 Å². The molecule has 10 heteroatoms. The van der Waals surface area contributed by atoms with Crippen LogP contribution in [0.3, 0.4) is 0 Å². The summed E-state index contributed by atoms with van der Waals surface area (Å²) in [6.07, 6.45) is 8.51. The Balaban J connectivity index is 1.07. The SMILES string of the molecule is CC(C)C1=C2[C@H]3CC[C@@H]4[C@@]5(C)CC[C@H](OC(=O)[C@H]6C[C@@H](C(=O)O)C6(C)C)C(C)(C)[C@@H]5CC[C@@]4(C)[C@]3(C)CC[C@@]2(CC(=O)NC[C@H](C)NC(=O)c2ccc(Cl)cc2)CC1=O. The molecule has 324 valence electrons. The molecule has 9 nitrogen and oxygen atoms in total. The summed E-state index contributed by atoms with van der Waals surface area (Å²) in [6, 6.07) is 6.43. The number of hydrogen-bond donors (Lipinski definition) is 3. The molecule has 0 aliphatic heterocycles. The molecule has 5 saturated carbocycles. The monoisotopic (exact) mass is 832 g/mol. The van der Waals surface area contributed by atoms with Crippen LogP contribution in [0.2, 0.25) is 5.02 Å². The molecule has 11 atom stereocenters. The van der Waals surface area contributed by atoms with Gasteiger partial charge in [0.1, 0.15) is 6.10 Å². The Kier molecular flexibility index (Phi) is 11.2. The topological polar surface area (TPSA) is 139 Å². The number of ketones is 1. The van der Waals surface area contributed by atoms with Gasteiger partial charge >= 0.3 is 11.9 Å². The van der Waals surface area contributed by atoms with E-state index in [0.29, 0.717) is 41.8 Å². The average Bonchev–Trinajstić information content (AvgIpc) is 3.43. The molecule has 0 unspecified atom stereocenters. The number of Topliss-reactive ketones (excluding diaryl/α,β-unsaturated/α-hetero) is 1. The number of carbonyl (C=O) groups excluding carboxylic acids is 4. The predicted octanol–water partition coefficient (Wildman–Crippen LogP) is 9.60. The Morgan fingerprint density at radius 2 is 1.51 bits per heavy atom. The van der Waals surface area contributed by atoms with E-state index in [2.05, 4.69) is 59.1 Å². The molecule has 7 rings (SSSR count). The number of allylic oxidation sites excluding steroid dienone is 2. The number of esters is 1. The first-order valence-electron chi connectivity index (χ1n) is 22.5. The zero-order valence-electron chi connectivity index (χ0n) is 37.2. The van der Waals surface area contributed by atoms with E-state index in [1.54, 1.807) is 24.3 Å². The molecule has 6 aliphatic rings. The standard InChI is InChI=1S/C49H69ClN2O7/c1-27(2)39-34(53)24-49(25-38(54)51-26-28(3)52-41(55)29-11-13-30(50)14-12-29)22-21-47(9)31(40(39)49)15-16-36-46(8)19-18-37(45(6,7)35(46)17-20-48(36,47)10)59-43(58)33-23-32(42(56)57)44(33,4)5/h11-14,27-28,31-33,35-37H,15-26H2,1-10H3,(H,51,54)(H,52,55)(H,56,57)/t28-,31+,32-,33+,35-,36+,37-,46-,47+,48+,49-/m0/s1. The molecule has 0 spiro atoms. The minimum atomic E-state index is -0.841. The van der Waals surface area contributed by atoms with Crippen LogP contribution in [-0.2, 0) is 23.9 Å². The minimum Gasteiger partial charge on any atom is -0.481 e. The van der Waals surface area contributed by atoms with E-state index in [0.717, 1.165) is 56.9 Å². The summed E-state index contributed by atoms with van der Waals surface area (Å²) in [5.74, 6) is -0.969. The summed E-state index contributed by atoms with van der Waals surface area (Å²) in [7, 11) is 0. The van der Waals surface area contributed by atoms with Crippen LogP contribution in [0, 0.1) is 68.0 Å². The number of hydrogen-bond acceptors (Lipinski definition) is 6. The summed E-state index contributed by atoms with van der Waals surface area (Å²) in [5, 5.41) is 16.3. The van der Waals surface area contributed by atoms with E-state index in [9.17, 15) is 29.1 Å². The van der Waals surface area contributed by atoms with E-state index >= 15 is 0 Å². The lowest BCUT2D eigenvalue weighted by atomic mass is 9.33. The fraction of sp³-hybridized carbons (Fsp3) is 0.735. The van der Waals surface area contributed by atoms with Crippen LogP contribution in [0.5, 0.6) is 0 Å². The first-order valence-corrected chi connectivity index (χ1v) is 22.8. The largest absolute Gasteiger partial charge is 0.481 e. The molecule has 59 heavy (non-hydrogen) atoms. The molecule has 0 heterocycles. The lowest BCUT2D eigenvalue weighted by molar-refractivity contribution is -0.236. The number of rotatable bonds is 10. The van der Waals surface area contributed by atoms with Gasteiger partial charge in [-0.3, -0.25) is 24.0 Å². The molecule has 1 aromatic carbocycles. The van der Waals surface area contributed by atoms with Crippen LogP contribution in [0.1, 0.15) is 150 Å². The van der Waals surface area contributed by atoms with Crippen molar-refractivity contribution in [1.29, 1.82) is 0 Å². The first-order chi connectivity index (χ1) is 27.4. The second kappa shape index (κ2) is 15.0. The fourth-order valence-electron chi connectivity index (χ4n) is 14.7. The van der Waals surface area contributed by atoms with Gasteiger partial charge in [-0.2, -0.15) is 0 Å². The van der Waals surface area contributed by atoms with Gasteiger partial charge in [-0.1, -0.05) is 79.5 Å². The number of amides is 2. The maximum atomic E-state index is 14.1. The van der Waals surface area contributed by atoms with E-state index in [4.69, 9.17) is 16.3 Å². The van der Waals surface area contributed by atoms with Crippen molar-refractivity contribution in [3.05, 3.63) is 46.0 Å². The molecular weight excluding hydrogens is 764 g/mol. The minimum absolute atomic E-state index is 0.0232. The number of halogens is 1. The number of ether oxygens (including phenoxy) is 1. The zero-order valence-corrected chi connectivity index (χ0v) is 37.9. The van der Waals surface area contributed by atoms with Crippen molar-refractivity contribution in [2.75, 3.05) is 6.54 Å². The number of nitrogens with one attached hydrogen (secondary N) is 2.